The summed E-state index contributed by atoms with van der Waals surface area (Å²) in [6.07, 6.45) is 11.8. The minimum absolute atomic E-state index is 0.106. The number of amides is 3. The van der Waals surface area contributed by atoms with E-state index in [-0.39, 0.29) is 36.5 Å². The Labute approximate surface area is 335 Å². The molecule has 1 atom stereocenters. The molecule has 8 rings (SSSR count). The van der Waals surface area contributed by atoms with E-state index in [4.69, 9.17) is 5.10 Å². The SMILES string of the molecule is Cn1c(=O)n(C2CCC(=O)NC2=O)c2ccc(CCCCNc3ncc(-c4ccc5cn(C6CCC(CNC(=O)c7cc(F)c(O)c(F)c7F)CC6)nc5c4)cn3)cc21. The number of anilines is 1. The summed E-state index contributed by atoms with van der Waals surface area (Å²) in [7, 11) is 1.69. The lowest BCUT2D eigenvalue weighted by Crippen LogP contribution is -2.44. The van der Waals surface area contributed by atoms with Crippen molar-refractivity contribution in [2.24, 2.45) is 13.0 Å². The predicted octanol–water partition coefficient (Wildman–Crippen LogP) is 5.84. The highest BCUT2D eigenvalue weighted by molar-refractivity contribution is 6.00. The fourth-order valence-electron chi connectivity index (χ4n) is 8.12. The molecule has 6 aromatic rings. The number of phenols is 1. The Hall–Kier alpha value is -6.52. The van der Waals surface area contributed by atoms with Gasteiger partial charge in [0.25, 0.3) is 5.91 Å². The van der Waals surface area contributed by atoms with Crippen LogP contribution in [0.5, 0.6) is 5.75 Å². The fraction of sp³-hybridized carbons (Fsp3) is 0.357. The van der Waals surface area contributed by atoms with Crippen molar-refractivity contribution in [1.29, 1.82) is 0 Å². The molecule has 1 aliphatic heterocycles. The summed E-state index contributed by atoms with van der Waals surface area (Å²) in [5, 5.41) is 23.3. The summed E-state index contributed by atoms with van der Waals surface area (Å²) in [6, 6.07) is 11.8. The molecule has 0 spiro atoms. The van der Waals surface area contributed by atoms with E-state index in [9.17, 15) is 37.5 Å². The normalized spacial score (nSPS) is 18.3. The maximum atomic E-state index is 14.1. The number of imidazole rings is 1. The number of fused-ring (bicyclic) bond motifs is 2. The van der Waals surface area contributed by atoms with Crippen LogP contribution in [0, 0.1) is 23.4 Å². The van der Waals surface area contributed by atoms with Crippen molar-refractivity contribution in [1.82, 2.24) is 39.5 Å². The number of rotatable bonds is 12. The fourth-order valence-corrected chi connectivity index (χ4v) is 8.12. The highest BCUT2D eigenvalue weighted by Gasteiger charge is 2.31. The van der Waals surface area contributed by atoms with Crippen LogP contribution in [0.3, 0.4) is 0 Å². The summed E-state index contributed by atoms with van der Waals surface area (Å²) in [6.45, 7) is 0.903. The molecule has 3 amide bonds. The number of hydrogen-bond acceptors (Lipinski definition) is 9. The van der Waals surface area contributed by atoms with Gasteiger partial charge in [-0.25, -0.2) is 23.5 Å². The first-order chi connectivity index (χ1) is 28.4. The van der Waals surface area contributed by atoms with E-state index < -0.39 is 46.6 Å². The van der Waals surface area contributed by atoms with Crippen LogP contribution in [0.15, 0.2) is 65.8 Å². The van der Waals surface area contributed by atoms with Gasteiger partial charge < -0.3 is 15.7 Å². The van der Waals surface area contributed by atoms with Gasteiger partial charge in [-0.1, -0.05) is 18.2 Å². The number of imide groups is 1. The standard InChI is InChI=1S/C42H42F3N9O5/c1-52-34-16-23(7-12-32(34)54(42(52)59)33-13-14-35(55)50-40(33)58)4-2-3-15-46-41-48-20-27(21-49-41)25-8-9-26-22-53(51-31(26)17-25)28-10-5-24(6-11-28)19-47-39(57)29-18-30(43)38(56)37(45)36(29)44/h7-9,12,16-18,20-22,24,28,33,56H,2-6,10-11,13-15,19H2,1H3,(H,47,57)(H,46,48,49)(H,50,55,58). The van der Waals surface area contributed by atoms with Gasteiger partial charge in [-0.3, -0.25) is 33.5 Å². The van der Waals surface area contributed by atoms with Crippen molar-refractivity contribution in [2.75, 3.05) is 18.4 Å². The highest BCUT2D eigenvalue weighted by atomic mass is 19.2. The molecular formula is C42H42F3N9O5. The number of aryl methyl sites for hydroxylation is 2. The Morgan fingerprint density at radius 1 is 0.915 bits per heavy atom. The van der Waals surface area contributed by atoms with Gasteiger partial charge in [-0.2, -0.15) is 9.49 Å². The van der Waals surface area contributed by atoms with Crippen molar-refractivity contribution >= 4 is 45.6 Å². The minimum Gasteiger partial charge on any atom is -0.503 e. The van der Waals surface area contributed by atoms with E-state index in [1.54, 1.807) is 24.0 Å². The van der Waals surface area contributed by atoms with Gasteiger partial charge in [0, 0.05) is 56.1 Å². The van der Waals surface area contributed by atoms with Crippen LogP contribution in [0.25, 0.3) is 33.1 Å². The second kappa shape index (κ2) is 16.4. The first-order valence-corrected chi connectivity index (χ1v) is 19.7. The van der Waals surface area contributed by atoms with E-state index in [2.05, 4.69) is 25.9 Å². The lowest BCUT2D eigenvalue weighted by atomic mass is 9.86. The summed E-state index contributed by atoms with van der Waals surface area (Å²) in [5.74, 6) is -7.32. The second-order valence-electron chi connectivity index (χ2n) is 15.3. The third-order valence-corrected chi connectivity index (χ3v) is 11.5. The number of hydrogen-bond donors (Lipinski definition) is 4. The molecular weight excluding hydrogens is 768 g/mol. The molecule has 59 heavy (non-hydrogen) atoms. The molecule has 4 N–H and O–H groups in total. The van der Waals surface area contributed by atoms with Crippen molar-refractivity contribution in [3.63, 3.8) is 0 Å². The third kappa shape index (κ3) is 8.00. The van der Waals surface area contributed by atoms with Crippen LogP contribution < -0.4 is 21.6 Å². The van der Waals surface area contributed by atoms with Crippen molar-refractivity contribution in [3.05, 3.63) is 100 Å². The van der Waals surface area contributed by atoms with Crippen LogP contribution in [0.4, 0.5) is 19.1 Å². The van der Waals surface area contributed by atoms with Gasteiger partial charge in [0.2, 0.25) is 23.6 Å². The van der Waals surface area contributed by atoms with Gasteiger partial charge >= 0.3 is 5.69 Å². The van der Waals surface area contributed by atoms with Gasteiger partial charge in [-0.05, 0) is 92.7 Å². The summed E-state index contributed by atoms with van der Waals surface area (Å²) >= 11 is 0. The predicted molar refractivity (Wildman–Crippen MR) is 212 cm³/mol. The molecule has 1 unspecified atom stereocenters. The molecule has 306 valence electrons. The number of halogens is 3. The van der Waals surface area contributed by atoms with Gasteiger partial charge in [0.15, 0.2) is 17.4 Å². The Morgan fingerprint density at radius 2 is 1.69 bits per heavy atom. The number of aromatic hydroxyl groups is 1. The first-order valence-electron chi connectivity index (χ1n) is 19.7. The minimum atomic E-state index is -1.79. The van der Waals surface area contributed by atoms with Crippen LogP contribution in [-0.2, 0) is 23.1 Å². The number of aromatic nitrogens is 6. The first kappa shape index (κ1) is 39.3. The van der Waals surface area contributed by atoms with Crippen LogP contribution in [0.2, 0.25) is 0 Å². The molecule has 1 saturated heterocycles. The van der Waals surface area contributed by atoms with E-state index in [1.165, 1.54) is 4.57 Å². The Morgan fingerprint density at radius 3 is 2.46 bits per heavy atom. The number of piperidine rings is 1. The van der Waals surface area contributed by atoms with Gasteiger partial charge in [-0.15, -0.1) is 0 Å². The molecule has 0 radical (unpaired) electrons. The van der Waals surface area contributed by atoms with Crippen molar-refractivity contribution in [3.8, 4) is 16.9 Å². The average Bonchev–Trinajstić information content (AvgIpc) is 3.78. The van der Waals surface area contributed by atoms with E-state index >= 15 is 0 Å². The average molecular weight is 810 g/mol. The molecule has 4 heterocycles. The van der Waals surface area contributed by atoms with Crippen LogP contribution in [-0.4, -0.2) is 64.8 Å². The van der Waals surface area contributed by atoms with Crippen molar-refractivity contribution < 1.29 is 32.7 Å². The van der Waals surface area contributed by atoms with E-state index in [0.29, 0.717) is 30.5 Å². The lowest BCUT2D eigenvalue weighted by molar-refractivity contribution is -0.135. The highest BCUT2D eigenvalue weighted by Crippen LogP contribution is 2.34. The number of benzene rings is 3. The third-order valence-electron chi connectivity index (χ3n) is 11.5. The Kier molecular flexibility index (Phi) is 10.9. The molecule has 1 aliphatic carbocycles. The topological polar surface area (TPSA) is 178 Å². The van der Waals surface area contributed by atoms with Crippen LogP contribution >= 0.6 is 0 Å². The largest absolute Gasteiger partial charge is 0.503 e. The molecule has 0 bridgehead atoms. The second-order valence-corrected chi connectivity index (χ2v) is 15.3. The number of phenolic OH excluding ortho intramolecular Hbond substituents is 1. The molecule has 14 nitrogen and oxygen atoms in total. The number of nitrogens with one attached hydrogen (secondary N) is 3. The quantitative estimate of drug-likeness (QED) is 0.0672. The molecule has 3 aromatic carbocycles. The Bertz CT molecular complexity index is 2650. The number of nitrogens with zero attached hydrogens (tertiary/aromatic N) is 6. The summed E-state index contributed by atoms with van der Waals surface area (Å²) in [5.41, 5.74) is 4.03. The summed E-state index contributed by atoms with van der Waals surface area (Å²) in [4.78, 5) is 58.6. The zero-order valence-electron chi connectivity index (χ0n) is 32.2. The molecule has 2 fully saturated rings. The number of carbonyl (C=O) groups excluding carboxylic acids is 3. The van der Waals surface area contributed by atoms with Crippen molar-refractivity contribution in [2.45, 2.75) is 69.9 Å². The van der Waals surface area contributed by atoms with Crippen LogP contribution in [0.1, 0.15) is 79.4 Å². The maximum absolute atomic E-state index is 14.1. The lowest BCUT2D eigenvalue weighted by Gasteiger charge is -2.28. The molecule has 3 aromatic heterocycles. The zero-order chi connectivity index (χ0) is 41.4. The number of unbranched alkanes of at least 4 members (excludes halogenated alkanes) is 1. The van der Waals surface area contributed by atoms with Gasteiger partial charge in [0.05, 0.1) is 28.2 Å². The monoisotopic (exact) mass is 809 g/mol. The smallest absolute Gasteiger partial charge is 0.329 e. The summed E-state index contributed by atoms with van der Waals surface area (Å²) < 4.78 is 46.5. The molecule has 1 saturated carbocycles. The van der Waals surface area contributed by atoms with Gasteiger partial charge in [0.1, 0.15) is 6.04 Å². The number of carbonyl (C=O) groups is 3. The van der Waals surface area contributed by atoms with E-state index in [1.807, 2.05) is 47.3 Å². The molecule has 2 aliphatic rings. The Balaban J connectivity index is 0.800. The zero-order valence-corrected chi connectivity index (χ0v) is 32.2. The van der Waals surface area contributed by atoms with E-state index in [0.717, 1.165) is 78.1 Å². The molecule has 17 heteroatoms. The maximum Gasteiger partial charge on any atom is 0.329 e.